The maximum atomic E-state index is 11.8. The van der Waals surface area contributed by atoms with Gasteiger partial charge in [0, 0.05) is 5.56 Å². The van der Waals surface area contributed by atoms with Gasteiger partial charge in [-0.25, -0.2) is 0 Å². The first-order valence-electron chi connectivity index (χ1n) is 5.08. The highest BCUT2D eigenvalue weighted by molar-refractivity contribution is 9.10. The largest absolute Gasteiger partial charge is 0.465 e. The lowest BCUT2D eigenvalue weighted by Gasteiger charge is -2.07. The highest BCUT2D eigenvalue weighted by atomic mass is 79.9. The summed E-state index contributed by atoms with van der Waals surface area (Å²) in [5.74, 6) is -0.621. The van der Waals surface area contributed by atoms with Gasteiger partial charge in [0.05, 0.1) is 22.2 Å². The second kappa shape index (κ2) is 5.76. The molecule has 0 saturated carbocycles. The first-order valence-corrected chi connectivity index (χ1v) is 5.87. The van der Waals surface area contributed by atoms with Gasteiger partial charge in [-0.2, -0.15) is 0 Å². The molecule has 0 aliphatic carbocycles. The number of hydrogen-bond acceptors (Lipinski definition) is 5. The van der Waals surface area contributed by atoms with Crippen molar-refractivity contribution in [1.29, 1.82) is 0 Å². The van der Waals surface area contributed by atoms with Crippen molar-refractivity contribution in [2.45, 2.75) is 20.4 Å². The summed E-state index contributed by atoms with van der Waals surface area (Å²) in [7, 11) is 0. The standard InChI is InChI=1S/C10H11BrN2O5/c1-3-18-8(14)5-12-4-7(13(16)17)6(2)9(11)10(12)15/h4H,3,5H2,1-2H3. The Morgan fingerprint density at radius 3 is 2.72 bits per heavy atom. The van der Waals surface area contributed by atoms with E-state index in [-0.39, 0.29) is 28.9 Å². The Bertz CT molecular complexity index is 552. The molecule has 0 atom stereocenters. The van der Waals surface area contributed by atoms with Crippen molar-refractivity contribution in [2.24, 2.45) is 0 Å². The molecule has 0 N–H and O–H groups in total. The number of ether oxygens (including phenoxy) is 1. The SMILES string of the molecule is CCOC(=O)Cn1cc([N+](=O)[O-])c(C)c(Br)c1=O. The minimum absolute atomic E-state index is 0.0704. The van der Waals surface area contributed by atoms with Crippen molar-refractivity contribution in [3.63, 3.8) is 0 Å². The number of rotatable bonds is 4. The fourth-order valence-corrected chi connectivity index (χ4v) is 1.78. The summed E-state index contributed by atoms with van der Waals surface area (Å²) in [6.07, 6.45) is 1.04. The van der Waals surface area contributed by atoms with Gasteiger partial charge < -0.3 is 4.74 Å². The third-order valence-corrected chi connectivity index (χ3v) is 3.18. The number of pyridine rings is 1. The van der Waals surface area contributed by atoms with Crippen molar-refractivity contribution in [3.05, 3.63) is 36.7 Å². The normalized spacial score (nSPS) is 10.2. The first kappa shape index (κ1) is 14.4. The van der Waals surface area contributed by atoms with Crippen LogP contribution in [0.2, 0.25) is 0 Å². The molecule has 7 nitrogen and oxygen atoms in total. The molecule has 0 aliphatic heterocycles. The molecule has 1 heterocycles. The number of hydrogen-bond donors (Lipinski definition) is 0. The van der Waals surface area contributed by atoms with Gasteiger partial charge in [0.25, 0.3) is 11.2 Å². The van der Waals surface area contributed by atoms with E-state index in [1.807, 2.05) is 0 Å². The van der Waals surface area contributed by atoms with Gasteiger partial charge in [0.15, 0.2) is 0 Å². The Kier molecular flexibility index (Phi) is 4.60. The Morgan fingerprint density at radius 2 is 2.22 bits per heavy atom. The van der Waals surface area contributed by atoms with Crippen molar-refractivity contribution in [2.75, 3.05) is 6.61 Å². The average molecular weight is 319 g/mol. The summed E-state index contributed by atoms with van der Waals surface area (Å²) in [5, 5.41) is 10.8. The van der Waals surface area contributed by atoms with E-state index in [1.165, 1.54) is 6.92 Å². The summed E-state index contributed by atoms with van der Waals surface area (Å²) in [6, 6.07) is 0. The Labute approximate surface area is 111 Å². The topological polar surface area (TPSA) is 91.4 Å². The van der Waals surface area contributed by atoms with Crippen LogP contribution >= 0.6 is 15.9 Å². The predicted molar refractivity (Wildman–Crippen MR) is 66.4 cm³/mol. The summed E-state index contributed by atoms with van der Waals surface area (Å²) >= 11 is 2.99. The lowest BCUT2D eigenvalue weighted by molar-refractivity contribution is -0.386. The van der Waals surface area contributed by atoms with E-state index in [4.69, 9.17) is 0 Å². The van der Waals surface area contributed by atoms with Gasteiger partial charge >= 0.3 is 5.97 Å². The third-order valence-electron chi connectivity index (χ3n) is 2.24. The third kappa shape index (κ3) is 2.95. The molecule has 0 fully saturated rings. The van der Waals surface area contributed by atoms with Crippen molar-refractivity contribution in [1.82, 2.24) is 4.57 Å². The highest BCUT2D eigenvalue weighted by Crippen LogP contribution is 2.22. The molecule has 0 amide bonds. The quantitative estimate of drug-likeness (QED) is 0.475. The fourth-order valence-electron chi connectivity index (χ4n) is 1.35. The van der Waals surface area contributed by atoms with Crippen LogP contribution < -0.4 is 5.56 Å². The molecule has 1 aromatic heterocycles. The second-order valence-electron chi connectivity index (χ2n) is 3.45. The molecule has 0 spiro atoms. The van der Waals surface area contributed by atoms with Crippen LogP contribution in [-0.4, -0.2) is 22.1 Å². The number of esters is 1. The molecule has 1 rings (SSSR count). The van der Waals surface area contributed by atoms with E-state index >= 15 is 0 Å². The molecule has 0 aliphatic rings. The maximum Gasteiger partial charge on any atom is 0.326 e. The van der Waals surface area contributed by atoms with Crippen LogP contribution in [0.5, 0.6) is 0 Å². The van der Waals surface area contributed by atoms with Crippen LogP contribution in [0.4, 0.5) is 5.69 Å². The molecule has 98 valence electrons. The fraction of sp³-hybridized carbons (Fsp3) is 0.400. The van der Waals surface area contributed by atoms with Crippen LogP contribution in [0.1, 0.15) is 12.5 Å². The minimum atomic E-state index is -0.621. The van der Waals surface area contributed by atoms with Crippen LogP contribution in [0.3, 0.4) is 0 Å². The van der Waals surface area contributed by atoms with Gasteiger partial charge in [-0.1, -0.05) is 0 Å². The molecule has 0 radical (unpaired) electrons. The number of aromatic nitrogens is 1. The lowest BCUT2D eigenvalue weighted by Crippen LogP contribution is -2.26. The Hall–Kier alpha value is -1.70. The van der Waals surface area contributed by atoms with Crippen molar-refractivity contribution < 1.29 is 14.5 Å². The summed E-state index contributed by atoms with van der Waals surface area (Å²) in [6.45, 7) is 2.92. The van der Waals surface area contributed by atoms with E-state index in [0.29, 0.717) is 0 Å². The van der Waals surface area contributed by atoms with Gasteiger partial charge in [0.1, 0.15) is 6.54 Å². The number of carbonyl (C=O) groups is 1. The molecule has 8 heteroatoms. The van der Waals surface area contributed by atoms with Crippen molar-refractivity contribution in [3.8, 4) is 0 Å². The number of nitrogens with zero attached hydrogens (tertiary/aromatic N) is 2. The van der Waals surface area contributed by atoms with E-state index in [0.717, 1.165) is 10.8 Å². The van der Waals surface area contributed by atoms with E-state index in [9.17, 15) is 19.7 Å². The minimum Gasteiger partial charge on any atom is -0.465 e. The number of halogens is 1. The zero-order chi connectivity index (χ0) is 13.9. The van der Waals surface area contributed by atoms with Crippen molar-refractivity contribution >= 4 is 27.6 Å². The second-order valence-corrected chi connectivity index (χ2v) is 4.24. The Balaban J connectivity index is 3.25. The van der Waals surface area contributed by atoms with Gasteiger partial charge in [-0.15, -0.1) is 0 Å². The van der Waals surface area contributed by atoms with Gasteiger partial charge in [-0.3, -0.25) is 24.3 Å². The molecule has 18 heavy (non-hydrogen) atoms. The zero-order valence-corrected chi connectivity index (χ0v) is 11.4. The Morgan fingerprint density at radius 1 is 1.61 bits per heavy atom. The van der Waals surface area contributed by atoms with E-state index in [1.54, 1.807) is 6.92 Å². The molecule has 0 saturated heterocycles. The summed E-state index contributed by atoms with van der Waals surface area (Å²) < 4.78 is 5.71. The van der Waals surface area contributed by atoms with Gasteiger partial charge in [0.2, 0.25) is 0 Å². The molecular weight excluding hydrogens is 308 g/mol. The maximum absolute atomic E-state index is 11.8. The number of carbonyl (C=O) groups excluding carboxylic acids is 1. The monoisotopic (exact) mass is 318 g/mol. The van der Waals surface area contributed by atoms with Crippen LogP contribution in [0.15, 0.2) is 15.5 Å². The smallest absolute Gasteiger partial charge is 0.326 e. The molecule has 1 aromatic rings. The highest BCUT2D eigenvalue weighted by Gasteiger charge is 2.19. The van der Waals surface area contributed by atoms with Gasteiger partial charge in [-0.05, 0) is 29.8 Å². The average Bonchev–Trinajstić information content (AvgIpc) is 2.30. The lowest BCUT2D eigenvalue weighted by atomic mass is 10.2. The summed E-state index contributed by atoms with van der Waals surface area (Å²) in [5.41, 5.74) is -0.512. The predicted octanol–water partition coefficient (Wildman–Crippen LogP) is 1.39. The zero-order valence-electron chi connectivity index (χ0n) is 9.81. The van der Waals surface area contributed by atoms with E-state index < -0.39 is 16.5 Å². The van der Waals surface area contributed by atoms with E-state index in [2.05, 4.69) is 20.7 Å². The van der Waals surface area contributed by atoms with Crippen LogP contribution in [-0.2, 0) is 16.1 Å². The van der Waals surface area contributed by atoms with Crippen LogP contribution in [0.25, 0.3) is 0 Å². The molecular formula is C10H11BrN2O5. The molecule has 0 aromatic carbocycles. The van der Waals surface area contributed by atoms with Crippen LogP contribution in [0, 0.1) is 17.0 Å². The summed E-state index contributed by atoms with van der Waals surface area (Å²) in [4.78, 5) is 33.3. The molecule has 0 bridgehead atoms. The molecule has 0 unspecified atom stereocenters. The number of nitro groups is 1. The first-order chi connectivity index (χ1) is 8.38.